The quantitative estimate of drug-likeness (QED) is 0.614. The molecule has 0 aliphatic carbocycles. The van der Waals surface area contributed by atoms with Crippen LogP contribution in [0.15, 0.2) is 12.1 Å². The average molecular weight is 294 g/mol. The molecule has 0 saturated carbocycles. The van der Waals surface area contributed by atoms with Gasteiger partial charge in [-0.1, -0.05) is 0 Å². The fourth-order valence-electron chi connectivity index (χ4n) is 2.59. The first-order valence-corrected chi connectivity index (χ1v) is 7.33. The van der Waals surface area contributed by atoms with Gasteiger partial charge in [0.15, 0.2) is 0 Å². The van der Waals surface area contributed by atoms with E-state index in [-0.39, 0.29) is 5.69 Å². The smallest absolute Gasteiger partial charge is 0.278 e. The Hall–Kier alpha value is -1.89. The van der Waals surface area contributed by atoms with E-state index in [2.05, 4.69) is 22.2 Å². The summed E-state index contributed by atoms with van der Waals surface area (Å²) in [4.78, 5) is 17.1. The van der Waals surface area contributed by atoms with Crippen molar-refractivity contribution in [1.82, 2.24) is 9.88 Å². The van der Waals surface area contributed by atoms with E-state index in [9.17, 15) is 10.1 Å². The second-order valence-electron chi connectivity index (χ2n) is 5.25. The molecule has 0 aromatic carbocycles. The number of likely N-dealkylation sites (tertiary alicyclic amines) is 1. The Bertz CT molecular complexity index is 495. The maximum absolute atomic E-state index is 10.9. The summed E-state index contributed by atoms with van der Waals surface area (Å²) in [6.07, 6.45) is 3.32. The molecule has 1 unspecified atom stereocenters. The number of pyridine rings is 1. The summed E-state index contributed by atoms with van der Waals surface area (Å²) in [5, 5.41) is 13.9. The summed E-state index contributed by atoms with van der Waals surface area (Å²) in [5.74, 6) is 0.778. The molecule has 1 saturated heterocycles. The maximum atomic E-state index is 10.9. The van der Waals surface area contributed by atoms with Gasteiger partial charge in [0.2, 0.25) is 5.88 Å². The first-order chi connectivity index (χ1) is 10.1. The van der Waals surface area contributed by atoms with E-state index in [1.807, 2.05) is 6.92 Å². The van der Waals surface area contributed by atoms with Gasteiger partial charge in [-0.2, -0.15) is 4.98 Å². The number of hydrogen-bond donors (Lipinski definition) is 1. The zero-order chi connectivity index (χ0) is 15.2. The second-order valence-corrected chi connectivity index (χ2v) is 5.25. The van der Waals surface area contributed by atoms with E-state index in [1.165, 1.54) is 25.0 Å². The molecule has 1 aromatic heterocycles. The zero-order valence-electron chi connectivity index (χ0n) is 12.5. The van der Waals surface area contributed by atoms with E-state index >= 15 is 0 Å². The van der Waals surface area contributed by atoms with Gasteiger partial charge >= 0.3 is 0 Å². The molecule has 0 amide bonds. The number of aromatic nitrogens is 1. The molecule has 1 aliphatic heterocycles. The lowest BCUT2D eigenvalue weighted by molar-refractivity contribution is -0.384. The standard InChI is InChI=1S/C14H22N4O3/c1-3-15-13-9-12(18(19)20)10-14(16-13)21-8-6-11-5-4-7-17(11)2/h9-11H,3-8H2,1-2H3,(H,15,16). The van der Waals surface area contributed by atoms with Gasteiger partial charge in [0.1, 0.15) is 5.82 Å². The van der Waals surface area contributed by atoms with Crippen molar-refractivity contribution in [3.05, 3.63) is 22.2 Å². The normalized spacial score (nSPS) is 18.7. The van der Waals surface area contributed by atoms with Crippen LogP contribution in [-0.4, -0.2) is 47.6 Å². The van der Waals surface area contributed by atoms with Crippen LogP contribution in [0.4, 0.5) is 11.5 Å². The van der Waals surface area contributed by atoms with Crippen molar-refractivity contribution < 1.29 is 9.66 Å². The number of anilines is 1. The van der Waals surface area contributed by atoms with Crippen LogP contribution in [0.2, 0.25) is 0 Å². The van der Waals surface area contributed by atoms with Crippen LogP contribution in [-0.2, 0) is 0 Å². The minimum Gasteiger partial charge on any atom is -0.477 e. The highest BCUT2D eigenvalue weighted by atomic mass is 16.6. The van der Waals surface area contributed by atoms with Crippen LogP contribution < -0.4 is 10.1 Å². The first-order valence-electron chi connectivity index (χ1n) is 7.33. The van der Waals surface area contributed by atoms with Crippen molar-refractivity contribution in [1.29, 1.82) is 0 Å². The van der Waals surface area contributed by atoms with Crippen LogP contribution in [0.3, 0.4) is 0 Å². The molecule has 1 atom stereocenters. The largest absolute Gasteiger partial charge is 0.477 e. The number of nitrogens with zero attached hydrogens (tertiary/aromatic N) is 3. The van der Waals surface area contributed by atoms with Crippen LogP contribution >= 0.6 is 0 Å². The molecular weight excluding hydrogens is 272 g/mol. The Balaban J connectivity index is 1.96. The van der Waals surface area contributed by atoms with Gasteiger partial charge in [-0.3, -0.25) is 10.1 Å². The van der Waals surface area contributed by atoms with E-state index in [0.717, 1.165) is 13.0 Å². The number of nitro groups is 1. The molecule has 0 radical (unpaired) electrons. The molecule has 1 aliphatic rings. The Labute approximate surface area is 124 Å². The summed E-state index contributed by atoms with van der Waals surface area (Å²) in [5.41, 5.74) is -0.00562. The Morgan fingerprint density at radius 1 is 1.57 bits per heavy atom. The number of rotatable bonds is 7. The van der Waals surface area contributed by atoms with Crippen LogP contribution in [0, 0.1) is 10.1 Å². The molecule has 7 heteroatoms. The van der Waals surface area contributed by atoms with Gasteiger partial charge in [-0.05, 0) is 39.8 Å². The van der Waals surface area contributed by atoms with Gasteiger partial charge in [0.25, 0.3) is 5.69 Å². The number of hydrogen-bond acceptors (Lipinski definition) is 6. The molecule has 7 nitrogen and oxygen atoms in total. The third kappa shape index (κ3) is 4.29. The average Bonchev–Trinajstić information content (AvgIpc) is 2.84. The minimum absolute atomic E-state index is 0.00562. The van der Waals surface area contributed by atoms with Gasteiger partial charge in [-0.25, -0.2) is 0 Å². The minimum atomic E-state index is -0.430. The highest BCUT2D eigenvalue weighted by Gasteiger charge is 2.20. The van der Waals surface area contributed by atoms with Crippen molar-refractivity contribution in [3.8, 4) is 5.88 Å². The summed E-state index contributed by atoms with van der Waals surface area (Å²) in [6, 6.07) is 3.33. The van der Waals surface area contributed by atoms with E-state index in [0.29, 0.717) is 30.9 Å². The first kappa shape index (κ1) is 15.5. The van der Waals surface area contributed by atoms with Crippen LogP contribution in [0.5, 0.6) is 5.88 Å². The molecule has 1 fully saturated rings. The lowest BCUT2D eigenvalue weighted by Crippen LogP contribution is -2.26. The Morgan fingerprint density at radius 3 is 3.00 bits per heavy atom. The summed E-state index contributed by atoms with van der Waals surface area (Å²) in [6.45, 7) is 4.22. The molecular formula is C14H22N4O3. The van der Waals surface area contributed by atoms with E-state index in [1.54, 1.807) is 0 Å². The Morgan fingerprint density at radius 2 is 2.38 bits per heavy atom. The highest BCUT2D eigenvalue weighted by Crippen LogP contribution is 2.23. The molecule has 116 valence electrons. The fourth-order valence-corrected chi connectivity index (χ4v) is 2.59. The molecule has 2 rings (SSSR count). The van der Waals surface area contributed by atoms with Crippen molar-refractivity contribution in [2.24, 2.45) is 0 Å². The molecule has 21 heavy (non-hydrogen) atoms. The summed E-state index contributed by atoms with van der Waals surface area (Å²) in [7, 11) is 2.12. The SMILES string of the molecule is CCNc1cc([N+](=O)[O-])cc(OCCC2CCCN2C)n1. The molecule has 2 heterocycles. The predicted octanol–water partition coefficient (Wildman–Crippen LogP) is 2.28. The molecule has 0 spiro atoms. The fraction of sp³-hybridized carbons (Fsp3) is 0.643. The third-order valence-electron chi connectivity index (χ3n) is 3.73. The number of ether oxygens (including phenoxy) is 1. The van der Waals surface area contributed by atoms with Crippen molar-refractivity contribution in [2.45, 2.75) is 32.2 Å². The van der Waals surface area contributed by atoms with Gasteiger partial charge in [0, 0.05) is 12.6 Å². The van der Waals surface area contributed by atoms with Crippen LogP contribution in [0.1, 0.15) is 26.2 Å². The summed E-state index contributed by atoms with van der Waals surface area (Å²) < 4.78 is 5.61. The monoisotopic (exact) mass is 294 g/mol. The van der Waals surface area contributed by atoms with E-state index < -0.39 is 4.92 Å². The second kappa shape index (κ2) is 7.21. The van der Waals surface area contributed by atoms with Crippen molar-refractivity contribution in [3.63, 3.8) is 0 Å². The van der Waals surface area contributed by atoms with E-state index in [4.69, 9.17) is 4.74 Å². The van der Waals surface area contributed by atoms with Crippen molar-refractivity contribution in [2.75, 3.05) is 32.1 Å². The maximum Gasteiger partial charge on any atom is 0.278 e. The Kier molecular flexibility index (Phi) is 5.32. The summed E-state index contributed by atoms with van der Waals surface area (Å²) >= 11 is 0. The third-order valence-corrected chi connectivity index (χ3v) is 3.73. The van der Waals surface area contributed by atoms with Gasteiger partial charge in [0.05, 0.1) is 23.7 Å². The molecule has 0 bridgehead atoms. The topological polar surface area (TPSA) is 80.5 Å². The lowest BCUT2D eigenvalue weighted by atomic mass is 10.1. The van der Waals surface area contributed by atoms with Crippen molar-refractivity contribution >= 4 is 11.5 Å². The lowest BCUT2D eigenvalue weighted by Gasteiger charge is -2.19. The number of nitrogens with one attached hydrogen (secondary N) is 1. The van der Waals surface area contributed by atoms with Gasteiger partial charge in [-0.15, -0.1) is 0 Å². The zero-order valence-corrected chi connectivity index (χ0v) is 12.5. The van der Waals surface area contributed by atoms with Gasteiger partial charge < -0.3 is 15.0 Å². The highest BCUT2D eigenvalue weighted by molar-refractivity contribution is 5.48. The van der Waals surface area contributed by atoms with Crippen LogP contribution in [0.25, 0.3) is 0 Å². The predicted molar refractivity (Wildman–Crippen MR) is 80.8 cm³/mol. The molecule has 1 N–H and O–H groups in total. The molecule has 1 aromatic rings.